The molecule has 2 aromatic carbocycles. The van der Waals surface area contributed by atoms with Crippen LogP contribution in [-0.4, -0.2) is 10.4 Å². The van der Waals surface area contributed by atoms with Gasteiger partial charge in [0.15, 0.2) is 0 Å². The van der Waals surface area contributed by atoms with Gasteiger partial charge in [-0.25, -0.2) is 0 Å². The lowest BCUT2D eigenvalue weighted by molar-refractivity contribution is 0.103. The fourth-order valence-corrected chi connectivity index (χ4v) is 3.73. The van der Waals surface area contributed by atoms with E-state index in [9.17, 15) is 4.79 Å². The summed E-state index contributed by atoms with van der Waals surface area (Å²) in [5.41, 5.74) is 8.64. The SMILES string of the molecule is CCn1c(C)c(-c2ccc(C)cc2)c2c1C(=O)c1ccccc1-2. The average Bonchev–Trinajstić information content (AvgIpc) is 3.01. The normalized spacial score (nSPS) is 12.4. The molecule has 1 aromatic heterocycles. The number of fused-ring (bicyclic) bond motifs is 3. The molecule has 0 amide bonds. The number of ketones is 1. The van der Waals surface area contributed by atoms with Crippen molar-refractivity contribution in [1.82, 2.24) is 4.57 Å². The van der Waals surface area contributed by atoms with Crippen molar-refractivity contribution in [3.8, 4) is 22.3 Å². The Labute approximate surface area is 136 Å². The number of aromatic nitrogens is 1. The van der Waals surface area contributed by atoms with Crippen molar-refractivity contribution in [3.63, 3.8) is 0 Å². The van der Waals surface area contributed by atoms with Crippen LogP contribution in [0.15, 0.2) is 48.5 Å². The van der Waals surface area contributed by atoms with E-state index >= 15 is 0 Å². The van der Waals surface area contributed by atoms with Crippen LogP contribution >= 0.6 is 0 Å². The maximum Gasteiger partial charge on any atom is 0.210 e. The highest BCUT2D eigenvalue weighted by atomic mass is 16.1. The van der Waals surface area contributed by atoms with Gasteiger partial charge >= 0.3 is 0 Å². The van der Waals surface area contributed by atoms with Crippen LogP contribution in [0.2, 0.25) is 0 Å². The molecule has 0 fully saturated rings. The molecular weight excluding hydrogens is 282 g/mol. The number of carbonyl (C=O) groups excluding carboxylic acids is 1. The van der Waals surface area contributed by atoms with Crippen molar-refractivity contribution in [1.29, 1.82) is 0 Å². The summed E-state index contributed by atoms with van der Waals surface area (Å²) in [6, 6.07) is 16.5. The van der Waals surface area contributed by atoms with E-state index in [1.54, 1.807) is 0 Å². The van der Waals surface area contributed by atoms with E-state index in [-0.39, 0.29) is 5.78 Å². The maximum absolute atomic E-state index is 12.9. The minimum atomic E-state index is 0.152. The molecule has 2 nitrogen and oxygen atoms in total. The molecule has 3 aromatic rings. The van der Waals surface area contributed by atoms with E-state index in [4.69, 9.17) is 0 Å². The van der Waals surface area contributed by atoms with Crippen LogP contribution in [0.1, 0.15) is 34.2 Å². The van der Waals surface area contributed by atoms with E-state index in [2.05, 4.69) is 55.7 Å². The first-order chi connectivity index (χ1) is 11.1. The second-order valence-electron chi connectivity index (χ2n) is 6.17. The zero-order chi connectivity index (χ0) is 16.1. The standard InChI is InChI=1S/C21H19NO/c1-4-22-14(3)18(15-11-9-13(2)10-12-15)19-16-7-5-6-8-17(16)21(23)20(19)22/h5-12H,4H2,1-3H3. The highest BCUT2D eigenvalue weighted by Crippen LogP contribution is 2.46. The molecular formula is C21H19NO. The first kappa shape index (κ1) is 14.0. The lowest BCUT2D eigenvalue weighted by Crippen LogP contribution is -2.07. The molecule has 2 heteroatoms. The zero-order valence-electron chi connectivity index (χ0n) is 13.7. The molecule has 1 aliphatic rings. The summed E-state index contributed by atoms with van der Waals surface area (Å²) in [5.74, 6) is 0.152. The molecule has 0 radical (unpaired) electrons. The summed E-state index contributed by atoms with van der Waals surface area (Å²) >= 11 is 0. The minimum absolute atomic E-state index is 0.152. The van der Waals surface area contributed by atoms with Gasteiger partial charge in [0.2, 0.25) is 5.78 Å². The molecule has 0 atom stereocenters. The van der Waals surface area contributed by atoms with Gasteiger partial charge in [0.1, 0.15) is 0 Å². The molecule has 0 bridgehead atoms. The Balaban J connectivity index is 2.09. The van der Waals surface area contributed by atoms with Crippen molar-refractivity contribution in [3.05, 3.63) is 71.0 Å². The lowest BCUT2D eigenvalue weighted by Gasteiger charge is -2.09. The van der Waals surface area contributed by atoms with E-state index in [1.807, 2.05) is 18.2 Å². The quantitative estimate of drug-likeness (QED) is 0.510. The van der Waals surface area contributed by atoms with Gasteiger partial charge in [-0.2, -0.15) is 0 Å². The van der Waals surface area contributed by atoms with Gasteiger partial charge in [0.05, 0.1) is 5.69 Å². The first-order valence-electron chi connectivity index (χ1n) is 8.07. The summed E-state index contributed by atoms with van der Waals surface area (Å²) < 4.78 is 2.16. The van der Waals surface area contributed by atoms with Crippen molar-refractivity contribution in [2.45, 2.75) is 27.3 Å². The summed E-state index contributed by atoms with van der Waals surface area (Å²) in [6.45, 7) is 7.12. The highest BCUT2D eigenvalue weighted by molar-refractivity contribution is 6.23. The van der Waals surface area contributed by atoms with Gasteiger partial charge < -0.3 is 4.57 Å². The number of benzene rings is 2. The van der Waals surface area contributed by atoms with E-state index in [0.717, 1.165) is 28.9 Å². The smallest absolute Gasteiger partial charge is 0.210 e. The number of carbonyl (C=O) groups is 1. The third-order valence-corrected chi connectivity index (χ3v) is 4.84. The van der Waals surface area contributed by atoms with Crippen LogP contribution in [0.5, 0.6) is 0 Å². The Morgan fingerprint density at radius 3 is 2.17 bits per heavy atom. The zero-order valence-corrected chi connectivity index (χ0v) is 13.7. The highest BCUT2D eigenvalue weighted by Gasteiger charge is 2.34. The van der Waals surface area contributed by atoms with Crippen LogP contribution in [0.3, 0.4) is 0 Å². The molecule has 0 aliphatic heterocycles. The number of nitrogens with zero attached hydrogens (tertiary/aromatic N) is 1. The Hall–Kier alpha value is -2.61. The van der Waals surface area contributed by atoms with Crippen molar-refractivity contribution >= 4 is 5.78 Å². The second kappa shape index (κ2) is 4.95. The monoisotopic (exact) mass is 301 g/mol. The van der Waals surface area contributed by atoms with Gasteiger partial charge in [-0.05, 0) is 31.9 Å². The number of hydrogen-bond donors (Lipinski definition) is 0. The molecule has 23 heavy (non-hydrogen) atoms. The largest absolute Gasteiger partial charge is 0.341 e. The predicted octanol–water partition coefficient (Wildman–Crippen LogP) is 5.00. The van der Waals surface area contributed by atoms with Crippen molar-refractivity contribution in [2.75, 3.05) is 0 Å². The van der Waals surface area contributed by atoms with Crippen LogP contribution in [0, 0.1) is 13.8 Å². The molecule has 1 heterocycles. The van der Waals surface area contributed by atoms with Crippen LogP contribution in [0.25, 0.3) is 22.3 Å². The van der Waals surface area contributed by atoms with Gasteiger partial charge in [-0.15, -0.1) is 0 Å². The van der Waals surface area contributed by atoms with Gasteiger partial charge in [-0.3, -0.25) is 4.79 Å². The summed E-state index contributed by atoms with van der Waals surface area (Å²) in [7, 11) is 0. The summed E-state index contributed by atoms with van der Waals surface area (Å²) in [6.07, 6.45) is 0. The van der Waals surface area contributed by atoms with Gasteiger partial charge in [0, 0.05) is 28.9 Å². The molecule has 4 rings (SSSR count). The van der Waals surface area contributed by atoms with E-state index in [1.165, 1.54) is 22.4 Å². The predicted molar refractivity (Wildman–Crippen MR) is 93.9 cm³/mol. The summed E-state index contributed by atoms with van der Waals surface area (Å²) in [4.78, 5) is 12.9. The van der Waals surface area contributed by atoms with Crippen molar-refractivity contribution in [2.24, 2.45) is 0 Å². The van der Waals surface area contributed by atoms with Crippen LogP contribution in [0.4, 0.5) is 0 Å². The molecule has 0 N–H and O–H groups in total. The fraction of sp³-hybridized carbons (Fsp3) is 0.190. The van der Waals surface area contributed by atoms with E-state index in [0.29, 0.717) is 0 Å². The third-order valence-electron chi connectivity index (χ3n) is 4.84. The molecule has 0 unspecified atom stereocenters. The van der Waals surface area contributed by atoms with Gasteiger partial charge in [-0.1, -0.05) is 54.1 Å². The second-order valence-corrected chi connectivity index (χ2v) is 6.17. The van der Waals surface area contributed by atoms with Gasteiger partial charge in [0.25, 0.3) is 0 Å². The number of hydrogen-bond acceptors (Lipinski definition) is 1. The molecule has 114 valence electrons. The molecule has 0 saturated heterocycles. The Bertz CT molecular complexity index is 929. The average molecular weight is 301 g/mol. The van der Waals surface area contributed by atoms with E-state index < -0.39 is 0 Å². The number of rotatable bonds is 2. The fourth-order valence-electron chi connectivity index (χ4n) is 3.73. The number of aryl methyl sites for hydroxylation is 1. The van der Waals surface area contributed by atoms with Crippen molar-refractivity contribution < 1.29 is 4.79 Å². The molecule has 1 aliphatic carbocycles. The van der Waals surface area contributed by atoms with Crippen LogP contribution in [-0.2, 0) is 6.54 Å². The Kier molecular flexibility index (Phi) is 3.02. The Morgan fingerprint density at radius 2 is 1.52 bits per heavy atom. The lowest BCUT2D eigenvalue weighted by atomic mass is 9.96. The topological polar surface area (TPSA) is 22.0 Å². The Morgan fingerprint density at radius 1 is 0.870 bits per heavy atom. The third kappa shape index (κ3) is 1.84. The first-order valence-corrected chi connectivity index (χ1v) is 8.07. The molecule has 0 saturated carbocycles. The maximum atomic E-state index is 12.9. The summed E-state index contributed by atoms with van der Waals surface area (Å²) in [5, 5.41) is 0. The minimum Gasteiger partial charge on any atom is -0.341 e. The van der Waals surface area contributed by atoms with Crippen LogP contribution < -0.4 is 0 Å². The molecule has 0 spiro atoms.